The van der Waals surface area contributed by atoms with Gasteiger partial charge in [0.1, 0.15) is 0 Å². The van der Waals surface area contributed by atoms with Gasteiger partial charge in [-0.25, -0.2) is 5.01 Å². The molecule has 0 aliphatic heterocycles. The van der Waals surface area contributed by atoms with Crippen molar-refractivity contribution in [2.24, 2.45) is 0 Å². The van der Waals surface area contributed by atoms with Gasteiger partial charge in [0, 0.05) is 22.3 Å². The summed E-state index contributed by atoms with van der Waals surface area (Å²) in [5.74, 6) is -0.833. The first-order valence-corrected chi connectivity index (χ1v) is 9.68. The van der Waals surface area contributed by atoms with Crippen molar-refractivity contribution >= 4 is 17.6 Å². The molecule has 0 radical (unpaired) electrons. The van der Waals surface area contributed by atoms with Gasteiger partial charge in [-0.05, 0) is 45.0 Å². The summed E-state index contributed by atoms with van der Waals surface area (Å²) in [5, 5.41) is 1.32. The van der Waals surface area contributed by atoms with Gasteiger partial charge in [-0.15, -0.1) is 0 Å². The highest BCUT2D eigenvalue weighted by atomic mass is 16.2. The normalized spacial score (nSPS) is 10.9. The van der Waals surface area contributed by atoms with Gasteiger partial charge >= 0.3 is 0 Å². The second kappa shape index (κ2) is 8.74. The number of rotatable bonds is 4. The first-order chi connectivity index (χ1) is 14.3. The summed E-state index contributed by atoms with van der Waals surface area (Å²) in [6.07, 6.45) is 0. The molecule has 30 heavy (non-hydrogen) atoms. The third-order valence-corrected chi connectivity index (χ3v) is 4.55. The van der Waals surface area contributed by atoms with Crippen LogP contribution in [0.1, 0.15) is 57.4 Å². The molecule has 3 aromatic carbocycles. The molecule has 0 aliphatic rings. The Hall–Kier alpha value is -3.73. The summed E-state index contributed by atoms with van der Waals surface area (Å²) in [6.45, 7) is 5.51. The summed E-state index contributed by atoms with van der Waals surface area (Å²) in [7, 11) is 0. The zero-order chi connectivity index (χ0) is 21.7. The van der Waals surface area contributed by atoms with E-state index >= 15 is 0 Å². The van der Waals surface area contributed by atoms with Gasteiger partial charge in [-0.3, -0.25) is 19.8 Å². The van der Waals surface area contributed by atoms with E-state index < -0.39 is 5.54 Å². The van der Waals surface area contributed by atoms with E-state index in [0.29, 0.717) is 22.3 Å². The molecule has 0 spiro atoms. The molecule has 3 aromatic rings. The van der Waals surface area contributed by atoms with Crippen LogP contribution < -0.4 is 5.43 Å². The van der Waals surface area contributed by atoms with Gasteiger partial charge in [0.25, 0.3) is 11.8 Å². The number of ketones is 1. The maximum Gasteiger partial charge on any atom is 0.272 e. The molecular formula is C25H24N2O3. The predicted octanol–water partition coefficient (Wildman–Crippen LogP) is 4.50. The molecule has 0 saturated carbocycles. The highest BCUT2D eigenvalue weighted by Crippen LogP contribution is 2.17. The third kappa shape index (κ3) is 4.81. The number of hydrogen-bond donors (Lipinski definition) is 1. The van der Waals surface area contributed by atoms with Gasteiger partial charge in [-0.2, -0.15) is 0 Å². The zero-order valence-corrected chi connectivity index (χ0v) is 17.3. The van der Waals surface area contributed by atoms with Crippen LogP contribution in [0.15, 0.2) is 84.9 Å². The van der Waals surface area contributed by atoms with Crippen LogP contribution in [0, 0.1) is 0 Å². The van der Waals surface area contributed by atoms with Crippen molar-refractivity contribution in [2.75, 3.05) is 0 Å². The van der Waals surface area contributed by atoms with Crippen molar-refractivity contribution in [1.29, 1.82) is 0 Å². The minimum absolute atomic E-state index is 0.111. The first kappa shape index (κ1) is 21.0. The second-order valence-corrected chi connectivity index (χ2v) is 7.89. The van der Waals surface area contributed by atoms with Crippen molar-refractivity contribution in [3.63, 3.8) is 0 Å². The molecule has 3 rings (SSSR count). The standard InChI is InChI=1S/C25H24N2O3/c1-25(2,3)27(26-23(29)20-12-8-5-9-13-20)24(30)21-16-14-19(15-17-21)22(28)18-10-6-4-7-11-18/h4-17H,1-3H3,(H,26,29). The Labute approximate surface area is 176 Å². The Morgan fingerprint density at radius 3 is 1.57 bits per heavy atom. The molecule has 0 unspecified atom stereocenters. The van der Waals surface area contributed by atoms with Crippen LogP contribution >= 0.6 is 0 Å². The van der Waals surface area contributed by atoms with Crippen molar-refractivity contribution in [3.05, 3.63) is 107 Å². The van der Waals surface area contributed by atoms with Crippen molar-refractivity contribution < 1.29 is 14.4 Å². The molecule has 2 amide bonds. The topological polar surface area (TPSA) is 66.5 Å². The quantitative estimate of drug-likeness (QED) is 0.518. The van der Waals surface area contributed by atoms with Gasteiger partial charge < -0.3 is 0 Å². The Morgan fingerprint density at radius 1 is 0.633 bits per heavy atom. The van der Waals surface area contributed by atoms with E-state index in [4.69, 9.17) is 0 Å². The van der Waals surface area contributed by atoms with Gasteiger partial charge in [0.2, 0.25) is 0 Å². The van der Waals surface area contributed by atoms with E-state index in [1.54, 1.807) is 60.7 Å². The number of hydrazine groups is 1. The third-order valence-electron chi connectivity index (χ3n) is 4.55. The lowest BCUT2D eigenvalue weighted by atomic mass is 10.0. The minimum atomic E-state index is -0.653. The van der Waals surface area contributed by atoms with Gasteiger partial charge in [-0.1, -0.05) is 60.7 Å². The summed E-state index contributed by atoms with van der Waals surface area (Å²) in [6, 6.07) is 24.2. The Kier molecular flexibility index (Phi) is 6.11. The van der Waals surface area contributed by atoms with Gasteiger partial charge in [0.05, 0.1) is 5.54 Å². The maximum absolute atomic E-state index is 13.1. The SMILES string of the molecule is CC(C)(C)N(NC(=O)c1ccccc1)C(=O)c1ccc(C(=O)c2ccccc2)cc1. The maximum atomic E-state index is 13.1. The molecule has 0 saturated heterocycles. The van der Waals surface area contributed by atoms with Crippen LogP contribution in [0.25, 0.3) is 0 Å². The first-order valence-electron chi connectivity index (χ1n) is 9.68. The largest absolute Gasteiger partial charge is 0.289 e. The van der Waals surface area contributed by atoms with E-state index in [1.165, 1.54) is 5.01 Å². The molecule has 0 atom stereocenters. The second-order valence-electron chi connectivity index (χ2n) is 7.89. The van der Waals surface area contributed by atoms with E-state index in [9.17, 15) is 14.4 Å². The van der Waals surface area contributed by atoms with E-state index in [0.717, 1.165) is 0 Å². The molecule has 0 heterocycles. The lowest BCUT2D eigenvalue weighted by Gasteiger charge is -2.35. The predicted molar refractivity (Wildman–Crippen MR) is 116 cm³/mol. The summed E-state index contributed by atoms with van der Waals surface area (Å²) < 4.78 is 0. The fourth-order valence-corrected chi connectivity index (χ4v) is 2.93. The number of carbonyl (C=O) groups excluding carboxylic acids is 3. The lowest BCUT2D eigenvalue weighted by Crippen LogP contribution is -2.55. The number of carbonyl (C=O) groups is 3. The fraction of sp³-hybridized carbons (Fsp3) is 0.160. The summed E-state index contributed by atoms with van der Waals surface area (Å²) >= 11 is 0. The molecule has 0 fully saturated rings. The molecule has 1 N–H and O–H groups in total. The zero-order valence-electron chi connectivity index (χ0n) is 17.3. The number of benzene rings is 3. The highest BCUT2D eigenvalue weighted by Gasteiger charge is 2.29. The molecule has 152 valence electrons. The average molecular weight is 400 g/mol. The number of hydrogen-bond acceptors (Lipinski definition) is 3. The summed E-state index contributed by atoms with van der Waals surface area (Å²) in [4.78, 5) is 38.3. The molecular weight excluding hydrogens is 376 g/mol. The number of nitrogens with zero attached hydrogens (tertiary/aromatic N) is 1. The Bertz CT molecular complexity index is 1040. The van der Waals surface area contributed by atoms with Crippen LogP contribution in [-0.2, 0) is 0 Å². The van der Waals surface area contributed by atoms with E-state index in [-0.39, 0.29) is 17.6 Å². The Morgan fingerprint density at radius 2 is 1.07 bits per heavy atom. The van der Waals surface area contributed by atoms with Gasteiger partial charge in [0.15, 0.2) is 5.78 Å². The monoisotopic (exact) mass is 400 g/mol. The highest BCUT2D eigenvalue weighted by molar-refractivity contribution is 6.09. The van der Waals surface area contributed by atoms with Crippen molar-refractivity contribution in [3.8, 4) is 0 Å². The Balaban J connectivity index is 1.81. The van der Waals surface area contributed by atoms with Crippen LogP contribution in [-0.4, -0.2) is 28.1 Å². The van der Waals surface area contributed by atoms with E-state index in [1.807, 2.05) is 45.0 Å². The van der Waals surface area contributed by atoms with E-state index in [2.05, 4.69) is 5.43 Å². The van der Waals surface area contributed by atoms with Crippen LogP contribution in [0.3, 0.4) is 0 Å². The average Bonchev–Trinajstić information content (AvgIpc) is 2.77. The lowest BCUT2D eigenvalue weighted by molar-refractivity contribution is 0.0358. The minimum Gasteiger partial charge on any atom is -0.289 e. The molecule has 0 aliphatic carbocycles. The fourth-order valence-electron chi connectivity index (χ4n) is 2.93. The number of amides is 2. The van der Waals surface area contributed by atoms with Crippen molar-refractivity contribution in [1.82, 2.24) is 10.4 Å². The smallest absolute Gasteiger partial charge is 0.272 e. The molecule has 5 heteroatoms. The van der Waals surface area contributed by atoms with Crippen LogP contribution in [0.4, 0.5) is 0 Å². The van der Waals surface area contributed by atoms with Crippen molar-refractivity contribution in [2.45, 2.75) is 26.3 Å². The molecule has 5 nitrogen and oxygen atoms in total. The summed E-state index contributed by atoms with van der Waals surface area (Å²) in [5.41, 5.74) is 3.98. The van der Waals surface area contributed by atoms with Crippen LogP contribution in [0.2, 0.25) is 0 Å². The number of nitrogens with one attached hydrogen (secondary N) is 1. The molecule has 0 bridgehead atoms. The van der Waals surface area contributed by atoms with Crippen LogP contribution in [0.5, 0.6) is 0 Å². The molecule has 0 aromatic heterocycles.